The fraction of sp³-hybridized carbons (Fsp3) is 0.294. The van der Waals surface area contributed by atoms with Gasteiger partial charge in [0.15, 0.2) is 0 Å². The van der Waals surface area contributed by atoms with Crippen molar-refractivity contribution in [2.24, 2.45) is 0 Å². The Balaban J connectivity index is 2.15. The SMILES string of the molecule is CN(C)c1ccc(C(=O)NCCCC(=O)NO)c2ccccc12. The first-order valence-electron chi connectivity index (χ1n) is 7.45. The highest BCUT2D eigenvalue weighted by molar-refractivity contribution is 6.10. The van der Waals surface area contributed by atoms with Crippen LogP contribution in [0.3, 0.4) is 0 Å². The molecule has 0 heterocycles. The number of hydrogen-bond acceptors (Lipinski definition) is 4. The lowest BCUT2D eigenvalue weighted by Crippen LogP contribution is -2.26. The molecule has 0 aromatic heterocycles. The van der Waals surface area contributed by atoms with E-state index < -0.39 is 5.91 Å². The predicted octanol–water partition coefficient (Wildman–Crippen LogP) is 1.92. The monoisotopic (exact) mass is 315 g/mol. The summed E-state index contributed by atoms with van der Waals surface area (Å²) in [5.41, 5.74) is 3.23. The van der Waals surface area contributed by atoms with Gasteiger partial charge in [-0.2, -0.15) is 0 Å². The molecule has 0 aliphatic heterocycles. The van der Waals surface area contributed by atoms with Gasteiger partial charge in [0.05, 0.1) is 0 Å². The molecule has 0 atom stereocenters. The van der Waals surface area contributed by atoms with Gasteiger partial charge in [0.25, 0.3) is 5.91 Å². The lowest BCUT2D eigenvalue weighted by atomic mass is 10.0. The molecule has 6 heteroatoms. The van der Waals surface area contributed by atoms with Crippen LogP contribution in [-0.2, 0) is 4.79 Å². The van der Waals surface area contributed by atoms with Crippen LogP contribution in [0.5, 0.6) is 0 Å². The van der Waals surface area contributed by atoms with Crippen molar-refractivity contribution < 1.29 is 14.8 Å². The van der Waals surface area contributed by atoms with Gasteiger partial charge in [-0.05, 0) is 23.9 Å². The van der Waals surface area contributed by atoms with Gasteiger partial charge >= 0.3 is 0 Å². The van der Waals surface area contributed by atoms with Crippen LogP contribution in [0.4, 0.5) is 5.69 Å². The quantitative estimate of drug-likeness (QED) is 0.432. The van der Waals surface area contributed by atoms with Crippen LogP contribution in [0.25, 0.3) is 10.8 Å². The molecule has 2 aromatic rings. The maximum absolute atomic E-state index is 12.4. The molecule has 122 valence electrons. The summed E-state index contributed by atoms with van der Waals surface area (Å²) < 4.78 is 0. The minimum absolute atomic E-state index is 0.164. The van der Waals surface area contributed by atoms with E-state index in [1.807, 2.05) is 55.4 Å². The van der Waals surface area contributed by atoms with Crippen molar-refractivity contribution >= 4 is 28.3 Å². The average Bonchev–Trinajstić information content (AvgIpc) is 2.56. The van der Waals surface area contributed by atoms with Crippen LogP contribution >= 0.6 is 0 Å². The van der Waals surface area contributed by atoms with Gasteiger partial charge in [0.2, 0.25) is 5.91 Å². The largest absolute Gasteiger partial charge is 0.377 e. The highest BCUT2D eigenvalue weighted by Crippen LogP contribution is 2.28. The molecule has 0 unspecified atom stereocenters. The van der Waals surface area contributed by atoms with Crippen LogP contribution in [0.15, 0.2) is 36.4 Å². The van der Waals surface area contributed by atoms with Crippen molar-refractivity contribution in [1.29, 1.82) is 0 Å². The molecule has 3 N–H and O–H groups in total. The number of anilines is 1. The van der Waals surface area contributed by atoms with Crippen molar-refractivity contribution in [1.82, 2.24) is 10.8 Å². The number of nitrogens with one attached hydrogen (secondary N) is 2. The summed E-state index contributed by atoms with van der Waals surface area (Å²) in [5, 5.41) is 13.1. The summed E-state index contributed by atoms with van der Waals surface area (Å²) in [6, 6.07) is 11.5. The van der Waals surface area contributed by atoms with Crippen LogP contribution in [0.1, 0.15) is 23.2 Å². The van der Waals surface area contributed by atoms with E-state index in [4.69, 9.17) is 5.21 Å². The Kier molecular flexibility index (Phi) is 5.54. The molecule has 0 bridgehead atoms. The molecule has 0 spiro atoms. The molecule has 2 rings (SSSR count). The number of nitrogens with zero attached hydrogens (tertiary/aromatic N) is 1. The number of carbonyl (C=O) groups excluding carboxylic acids is 2. The zero-order chi connectivity index (χ0) is 16.8. The van der Waals surface area contributed by atoms with Crippen molar-refractivity contribution in [3.8, 4) is 0 Å². The van der Waals surface area contributed by atoms with Crippen LogP contribution in [-0.4, -0.2) is 37.7 Å². The molecule has 0 aliphatic carbocycles. The lowest BCUT2D eigenvalue weighted by Gasteiger charge is -2.17. The molecular weight excluding hydrogens is 294 g/mol. The molecule has 0 radical (unpaired) electrons. The number of hydroxylamine groups is 1. The van der Waals surface area contributed by atoms with Gasteiger partial charge in [-0.1, -0.05) is 24.3 Å². The van der Waals surface area contributed by atoms with E-state index in [0.29, 0.717) is 18.5 Å². The average molecular weight is 315 g/mol. The van der Waals surface area contributed by atoms with E-state index in [0.717, 1.165) is 16.5 Å². The second-order valence-electron chi connectivity index (χ2n) is 5.47. The molecular formula is C17H21N3O3. The van der Waals surface area contributed by atoms with Gasteiger partial charge in [-0.25, -0.2) is 5.48 Å². The maximum Gasteiger partial charge on any atom is 0.251 e. The zero-order valence-corrected chi connectivity index (χ0v) is 13.3. The highest BCUT2D eigenvalue weighted by atomic mass is 16.5. The summed E-state index contributed by atoms with van der Waals surface area (Å²) >= 11 is 0. The first kappa shape index (κ1) is 16.8. The normalized spacial score (nSPS) is 10.4. The standard InChI is InChI=1S/C17H21N3O3/c1-20(2)15-10-9-14(12-6-3-4-7-13(12)15)17(22)18-11-5-8-16(21)19-23/h3-4,6-7,9-10,23H,5,8,11H2,1-2H3,(H,18,22)(H,19,21). The van der Waals surface area contributed by atoms with Gasteiger partial charge in [-0.15, -0.1) is 0 Å². The second kappa shape index (κ2) is 7.60. The first-order chi connectivity index (χ1) is 11.0. The Labute approximate surface area is 135 Å². The van der Waals surface area contributed by atoms with Crippen molar-refractivity contribution in [2.45, 2.75) is 12.8 Å². The Bertz CT molecular complexity index is 713. The molecule has 0 fully saturated rings. The van der Waals surface area contributed by atoms with E-state index in [2.05, 4.69) is 5.32 Å². The zero-order valence-electron chi connectivity index (χ0n) is 13.3. The molecule has 0 saturated heterocycles. The predicted molar refractivity (Wildman–Crippen MR) is 89.8 cm³/mol. The number of benzene rings is 2. The van der Waals surface area contributed by atoms with Gasteiger partial charge < -0.3 is 10.2 Å². The third kappa shape index (κ3) is 3.98. The van der Waals surface area contributed by atoms with Gasteiger partial charge in [0.1, 0.15) is 0 Å². The minimum atomic E-state index is -0.458. The van der Waals surface area contributed by atoms with Crippen molar-refractivity contribution in [3.05, 3.63) is 42.0 Å². The molecule has 0 aliphatic rings. The number of hydrogen-bond donors (Lipinski definition) is 3. The van der Waals surface area contributed by atoms with Crippen LogP contribution in [0.2, 0.25) is 0 Å². The Morgan fingerprint density at radius 3 is 2.43 bits per heavy atom. The Morgan fingerprint density at radius 2 is 1.78 bits per heavy atom. The van der Waals surface area contributed by atoms with Gasteiger partial charge in [-0.3, -0.25) is 14.8 Å². The second-order valence-corrected chi connectivity index (χ2v) is 5.47. The van der Waals surface area contributed by atoms with Crippen LogP contribution < -0.4 is 15.7 Å². The van der Waals surface area contributed by atoms with E-state index in [9.17, 15) is 9.59 Å². The molecule has 0 saturated carbocycles. The molecule has 23 heavy (non-hydrogen) atoms. The topological polar surface area (TPSA) is 81.7 Å². The Hall–Kier alpha value is -2.60. The van der Waals surface area contributed by atoms with E-state index in [1.54, 1.807) is 5.48 Å². The third-order valence-corrected chi connectivity index (χ3v) is 3.62. The summed E-state index contributed by atoms with van der Waals surface area (Å²) in [6.45, 7) is 0.371. The van der Waals surface area contributed by atoms with E-state index >= 15 is 0 Å². The fourth-order valence-electron chi connectivity index (χ4n) is 2.47. The van der Waals surface area contributed by atoms with E-state index in [1.165, 1.54) is 0 Å². The lowest BCUT2D eigenvalue weighted by molar-refractivity contribution is -0.129. The minimum Gasteiger partial charge on any atom is -0.377 e. The molecule has 6 nitrogen and oxygen atoms in total. The van der Waals surface area contributed by atoms with E-state index in [-0.39, 0.29) is 12.3 Å². The number of fused-ring (bicyclic) bond motifs is 1. The summed E-state index contributed by atoms with van der Waals surface area (Å²) in [4.78, 5) is 25.3. The van der Waals surface area contributed by atoms with Gasteiger partial charge in [0, 0.05) is 43.7 Å². The first-order valence-corrected chi connectivity index (χ1v) is 7.45. The number of rotatable bonds is 6. The fourth-order valence-corrected chi connectivity index (χ4v) is 2.47. The number of amides is 2. The summed E-state index contributed by atoms with van der Waals surface area (Å²) in [6.07, 6.45) is 0.628. The molecule has 2 aromatic carbocycles. The van der Waals surface area contributed by atoms with Crippen molar-refractivity contribution in [2.75, 3.05) is 25.5 Å². The highest BCUT2D eigenvalue weighted by Gasteiger charge is 2.12. The third-order valence-electron chi connectivity index (χ3n) is 3.62. The van der Waals surface area contributed by atoms with Crippen molar-refractivity contribution in [3.63, 3.8) is 0 Å². The maximum atomic E-state index is 12.4. The summed E-state index contributed by atoms with van der Waals surface area (Å²) in [5.74, 6) is -0.629. The molecule has 2 amide bonds. The van der Waals surface area contributed by atoms with Crippen LogP contribution in [0, 0.1) is 0 Å². The smallest absolute Gasteiger partial charge is 0.251 e. The Morgan fingerprint density at radius 1 is 1.09 bits per heavy atom. The summed E-state index contributed by atoms with van der Waals surface area (Å²) in [7, 11) is 3.93. The number of carbonyl (C=O) groups is 2.